The Kier molecular flexibility index (Phi) is 9.43. The molecule has 1 amide bonds. The van der Waals surface area contributed by atoms with Crippen molar-refractivity contribution < 1.29 is 24.2 Å². The van der Waals surface area contributed by atoms with Crippen LogP contribution >= 0.6 is 11.8 Å². The number of amidine groups is 1. The Bertz CT molecular complexity index is 741. The minimum absolute atomic E-state index is 0.00498. The number of ether oxygens (including phenoxy) is 2. The number of nitrogens with zero attached hydrogens (tertiary/aromatic N) is 1. The van der Waals surface area contributed by atoms with Crippen molar-refractivity contribution in [1.82, 2.24) is 5.32 Å². The van der Waals surface area contributed by atoms with Gasteiger partial charge in [0.25, 0.3) is 5.91 Å². The van der Waals surface area contributed by atoms with Crippen molar-refractivity contribution in [2.45, 2.75) is 38.5 Å². The van der Waals surface area contributed by atoms with E-state index >= 15 is 0 Å². The quantitative estimate of drug-likeness (QED) is 0.469. The Balaban J connectivity index is 1.72. The number of hydrogen-bond acceptors (Lipinski definition) is 7. The van der Waals surface area contributed by atoms with Crippen LogP contribution in [-0.2, 0) is 14.3 Å². The highest BCUT2D eigenvalue weighted by molar-refractivity contribution is 8.14. The van der Waals surface area contributed by atoms with Crippen molar-refractivity contribution in [2.24, 2.45) is 4.99 Å². The van der Waals surface area contributed by atoms with Gasteiger partial charge in [-0.15, -0.1) is 0 Å². The molecule has 1 aromatic rings. The van der Waals surface area contributed by atoms with Gasteiger partial charge >= 0.3 is 5.97 Å². The maximum absolute atomic E-state index is 12.6. The SMILES string of the molecule is Cc1ccc(NCCOCCOCCC(=O)O)cc1C(=O)NC1=NC(C)C(C)S1. The van der Waals surface area contributed by atoms with Gasteiger partial charge in [-0.2, -0.15) is 0 Å². The lowest BCUT2D eigenvalue weighted by molar-refractivity contribution is -0.138. The number of hydrogen-bond donors (Lipinski definition) is 3. The summed E-state index contributed by atoms with van der Waals surface area (Å²) in [6.07, 6.45) is -0.00498. The smallest absolute Gasteiger partial charge is 0.305 e. The highest BCUT2D eigenvalue weighted by Crippen LogP contribution is 2.25. The summed E-state index contributed by atoms with van der Waals surface area (Å²) in [6, 6.07) is 5.86. The first-order chi connectivity index (χ1) is 13.9. The van der Waals surface area contributed by atoms with Gasteiger partial charge in [-0.25, -0.2) is 0 Å². The molecule has 1 aliphatic rings. The number of rotatable bonds is 11. The summed E-state index contributed by atoms with van der Waals surface area (Å²) in [7, 11) is 0. The molecular weight excluding hydrogens is 394 g/mol. The number of nitrogens with one attached hydrogen (secondary N) is 2. The summed E-state index contributed by atoms with van der Waals surface area (Å²) in [5, 5.41) is 15.7. The Morgan fingerprint density at radius 1 is 1.17 bits per heavy atom. The van der Waals surface area contributed by atoms with E-state index in [1.807, 2.05) is 32.0 Å². The fraction of sp³-hybridized carbons (Fsp3) is 0.550. The number of aliphatic imine (C=N–C) groups is 1. The summed E-state index contributed by atoms with van der Waals surface area (Å²) >= 11 is 1.58. The number of anilines is 1. The second-order valence-corrected chi connectivity index (χ2v) is 8.14. The molecular formula is C20H29N3O5S. The van der Waals surface area contributed by atoms with E-state index in [4.69, 9.17) is 14.6 Å². The van der Waals surface area contributed by atoms with Crippen LogP contribution in [0.4, 0.5) is 5.69 Å². The van der Waals surface area contributed by atoms with Gasteiger partial charge in [0.05, 0.1) is 38.9 Å². The third kappa shape index (κ3) is 8.04. The average molecular weight is 424 g/mol. The van der Waals surface area contributed by atoms with E-state index in [1.54, 1.807) is 11.8 Å². The third-order valence-corrected chi connectivity index (χ3v) is 5.60. The van der Waals surface area contributed by atoms with Crippen molar-refractivity contribution in [2.75, 3.05) is 38.3 Å². The maximum Gasteiger partial charge on any atom is 0.305 e. The number of carboxylic acids is 1. The highest BCUT2D eigenvalue weighted by atomic mass is 32.2. The molecule has 0 spiro atoms. The zero-order valence-corrected chi connectivity index (χ0v) is 17.9. The van der Waals surface area contributed by atoms with Crippen molar-refractivity contribution in [1.29, 1.82) is 0 Å². The molecule has 1 heterocycles. The highest BCUT2D eigenvalue weighted by Gasteiger charge is 2.24. The lowest BCUT2D eigenvalue weighted by Gasteiger charge is -2.12. The van der Waals surface area contributed by atoms with Gasteiger partial charge in [0.15, 0.2) is 5.17 Å². The Morgan fingerprint density at radius 2 is 1.90 bits per heavy atom. The number of thioether (sulfide) groups is 1. The molecule has 2 unspecified atom stereocenters. The number of benzene rings is 1. The molecule has 3 N–H and O–H groups in total. The summed E-state index contributed by atoms with van der Waals surface area (Å²) in [5.41, 5.74) is 2.34. The summed E-state index contributed by atoms with van der Waals surface area (Å²) in [6.45, 7) is 8.04. The Hall–Kier alpha value is -2.10. The van der Waals surface area contributed by atoms with Crippen LogP contribution in [0, 0.1) is 6.92 Å². The molecule has 1 aliphatic heterocycles. The van der Waals surface area contributed by atoms with Gasteiger partial charge < -0.3 is 25.2 Å². The van der Waals surface area contributed by atoms with Gasteiger partial charge in [0, 0.05) is 23.0 Å². The number of aliphatic carboxylic acids is 1. The molecule has 0 aromatic heterocycles. The summed E-state index contributed by atoms with van der Waals surface area (Å²) < 4.78 is 10.6. The zero-order chi connectivity index (χ0) is 21.2. The molecule has 0 saturated heterocycles. The first-order valence-electron chi connectivity index (χ1n) is 9.64. The van der Waals surface area contributed by atoms with Crippen molar-refractivity contribution >= 4 is 34.5 Å². The standard InChI is InChI=1S/C20H29N3O5S/c1-13-4-5-16(21-7-9-28-11-10-27-8-6-18(24)25)12-17(13)19(26)23-20-22-14(2)15(3)29-20/h4-5,12,14-15,21H,6-11H2,1-3H3,(H,24,25)(H,22,23,26). The topological polar surface area (TPSA) is 109 Å². The number of aryl methyl sites for hydroxylation is 1. The maximum atomic E-state index is 12.6. The van der Waals surface area contributed by atoms with E-state index < -0.39 is 5.97 Å². The second-order valence-electron chi connectivity index (χ2n) is 6.78. The molecule has 0 bridgehead atoms. The van der Waals surface area contributed by atoms with Crippen LogP contribution < -0.4 is 10.6 Å². The van der Waals surface area contributed by atoms with E-state index in [2.05, 4.69) is 22.5 Å². The predicted molar refractivity (Wildman–Crippen MR) is 115 cm³/mol. The van der Waals surface area contributed by atoms with Crippen molar-refractivity contribution in [3.8, 4) is 0 Å². The van der Waals surface area contributed by atoms with Gasteiger partial charge in [0.1, 0.15) is 0 Å². The third-order valence-electron chi connectivity index (χ3n) is 4.41. The fourth-order valence-corrected chi connectivity index (χ4v) is 3.54. The number of carbonyl (C=O) groups is 2. The molecule has 0 aliphatic carbocycles. The monoisotopic (exact) mass is 423 g/mol. The minimum atomic E-state index is -0.875. The van der Waals surface area contributed by atoms with Gasteiger partial charge in [-0.3, -0.25) is 14.6 Å². The normalized spacial score (nSPS) is 18.4. The lowest BCUT2D eigenvalue weighted by Crippen LogP contribution is -2.28. The van der Waals surface area contributed by atoms with Gasteiger partial charge in [0.2, 0.25) is 0 Å². The van der Waals surface area contributed by atoms with E-state index in [1.165, 1.54) is 0 Å². The fourth-order valence-electron chi connectivity index (χ4n) is 2.55. The van der Waals surface area contributed by atoms with Crippen LogP contribution in [0.1, 0.15) is 36.2 Å². The van der Waals surface area contributed by atoms with Crippen molar-refractivity contribution in [3.05, 3.63) is 29.3 Å². The molecule has 8 nitrogen and oxygen atoms in total. The number of carbonyl (C=O) groups excluding carboxylic acids is 1. The molecule has 1 aromatic carbocycles. The van der Waals surface area contributed by atoms with Crippen LogP contribution in [0.5, 0.6) is 0 Å². The molecule has 2 atom stereocenters. The Morgan fingerprint density at radius 3 is 2.55 bits per heavy atom. The molecule has 29 heavy (non-hydrogen) atoms. The van der Waals surface area contributed by atoms with E-state index in [9.17, 15) is 9.59 Å². The molecule has 160 valence electrons. The average Bonchev–Trinajstić information content (AvgIpc) is 2.98. The van der Waals surface area contributed by atoms with Crippen molar-refractivity contribution in [3.63, 3.8) is 0 Å². The van der Waals surface area contributed by atoms with Gasteiger partial charge in [-0.05, 0) is 31.5 Å². The zero-order valence-electron chi connectivity index (χ0n) is 17.1. The van der Waals surface area contributed by atoms with Crippen LogP contribution in [0.3, 0.4) is 0 Å². The number of amides is 1. The largest absolute Gasteiger partial charge is 0.481 e. The van der Waals surface area contributed by atoms with Crippen LogP contribution in [-0.4, -0.2) is 66.4 Å². The van der Waals surface area contributed by atoms with E-state index in [-0.39, 0.29) is 25.0 Å². The predicted octanol–water partition coefficient (Wildman–Crippen LogP) is 2.52. The molecule has 0 fully saturated rings. The first kappa shape index (κ1) is 23.2. The summed E-state index contributed by atoms with van der Waals surface area (Å²) in [4.78, 5) is 27.4. The lowest BCUT2D eigenvalue weighted by atomic mass is 10.1. The van der Waals surface area contributed by atoms with Gasteiger partial charge in [-0.1, -0.05) is 24.8 Å². The van der Waals surface area contributed by atoms with Crippen LogP contribution in [0.25, 0.3) is 0 Å². The molecule has 0 saturated carbocycles. The number of carboxylic acid groups (broad SMARTS) is 1. The molecule has 0 radical (unpaired) electrons. The van der Waals surface area contributed by atoms with Crippen LogP contribution in [0.15, 0.2) is 23.2 Å². The Labute approximate surface area is 175 Å². The van der Waals surface area contributed by atoms with Crippen LogP contribution in [0.2, 0.25) is 0 Å². The summed E-state index contributed by atoms with van der Waals surface area (Å²) in [5.74, 6) is -1.03. The van der Waals surface area contributed by atoms with E-state index in [0.717, 1.165) is 11.3 Å². The van der Waals surface area contributed by atoms with E-state index in [0.29, 0.717) is 42.3 Å². The minimum Gasteiger partial charge on any atom is -0.481 e. The second kappa shape index (κ2) is 11.8. The molecule has 2 rings (SSSR count). The first-order valence-corrected chi connectivity index (χ1v) is 10.5. The molecule has 9 heteroatoms.